The second-order valence-corrected chi connectivity index (χ2v) is 4.15. The van der Waals surface area contributed by atoms with Crippen LogP contribution in [-0.2, 0) is 0 Å². The maximum Gasteiger partial charge on any atom is 0.154 e. The van der Waals surface area contributed by atoms with Crippen LogP contribution in [0.1, 0.15) is 5.56 Å². The van der Waals surface area contributed by atoms with Crippen LogP contribution in [0.5, 0.6) is 0 Å². The van der Waals surface area contributed by atoms with Gasteiger partial charge >= 0.3 is 0 Å². The minimum atomic E-state index is 0.401. The normalized spacial score (nSPS) is 10.4. The Morgan fingerprint density at radius 1 is 1.22 bits per heavy atom. The zero-order valence-corrected chi connectivity index (χ0v) is 9.96. The average Bonchev–Trinajstić information content (AvgIpc) is 2.81. The van der Waals surface area contributed by atoms with Crippen molar-refractivity contribution >= 4 is 17.2 Å². The Bertz CT molecular complexity index is 770. The molecule has 3 rings (SSSR count). The lowest BCUT2D eigenvalue weighted by molar-refractivity contribution is 0.943. The van der Waals surface area contributed by atoms with Gasteiger partial charge in [0, 0.05) is 5.56 Å². The third-order valence-electron chi connectivity index (χ3n) is 2.62. The molecule has 0 saturated carbocycles. The van der Waals surface area contributed by atoms with Crippen molar-refractivity contribution in [3.63, 3.8) is 0 Å². The molecule has 2 heterocycles. The van der Waals surface area contributed by atoms with Gasteiger partial charge in [0.2, 0.25) is 0 Å². The van der Waals surface area contributed by atoms with Gasteiger partial charge in [-0.2, -0.15) is 10.4 Å². The van der Waals surface area contributed by atoms with E-state index in [1.807, 2.05) is 12.1 Å². The summed E-state index contributed by atoms with van der Waals surface area (Å²) in [5.41, 5.74) is 3.02. The number of imidazole rings is 1. The highest BCUT2D eigenvalue weighted by Gasteiger charge is 2.07. The number of nitriles is 1. The maximum absolute atomic E-state index is 8.91. The van der Waals surface area contributed by atoms with Crippen LogP contribution in [0.4, 0.5) is 0 Å². The van der Waals surface area contributed by atoms with Crippen molar-refractivity contribution < 1.29 is 0 Å². The van der Waals surface area contributed by atoms with E-state index in [1.54, 1.807) is 35.0 Å². The van der Waals surface area contributed by atoms with Crippen molar-refractivity contribution in [3.8, 4) is 17.3 Å². The molecule has 2 aromatic heterocycles. The minimum Gasteiger partial charge on any atom is -0.235 e. The van der Waals surface area contributed by atoms with Gasteiger partial charge in [-0.05, 0) is 24.3 Å². The van der Waals surface area contributed by atoms with Gasteiger partial charge in [-0.1, -0.05) is 23.7 Å². The first kappa shape index (κ1) is 10.8. The highest BCUT2D eigenvalue weighted by atomic mass is 35.5. The lowest BCUT2D eigenvalue weighted by atomic mass is 10.1. The number of rotatable bonds is 1. The van der Waals surface area contributed by atoms with Crippen LogP contribution in [0, 0.1) is 11.3 Å². The monoisotopic (exact) mass is 254 g/mol. The number of hydrogen-bond acceptors (Lipinski definition) is 3. The predicted octanol–water partition coefficient (Wildman–Crippen LogP) is 2.92. The van der Waals surface area contributed by atoms with E-state index in [4.69, 9.17) is 16.9 Å². The molecule has 0 bridgehead atoms. The van der Waals surface area contributed by atoms with E-state index in [1.165, 1.54) is 0 Å². The third kappa shape index (κ3) is 1.71. The molecule has 86 valence electrons. The average molecular weight is 255 g/mol. The topological polar surface area (TPSA) is 54.0 Å². The molecule has 0 spiro atoms. The molecule has 0 N–H and O–H groups in total. The van der Waals surface area contributed by atoms with Crippen LogP contribution in [0.3, 0.4) is 0 Å². The summed E-state index contributed by atoms with van der Waals surface area (Å²) in [6.45, 7) is 0. The minimum absolute atomic E-state index is 0.401. The smallest absolute Gasteiger partial charge is 0.154 e. The Kier molecular flexibility index (Phi) is 2.47. The highest BCUT2D eigenvalue weighted by Crippen LogP contribution is 2.21. The van der Waals surface area contributed by atoms with Gasteiger partial charge in [0.15, 0.2) is 5.65 Å². The lowest BCUT2D eigenvalue weighted by Crippen LogP contribution is -1.94. The highest BCUT2D eigenvalue weighted by molar-refractivity contribution is 6.29. The standard InChI is InChI=1S/C13H7ClN4/c14-12-4-5-13-16-8-11(18(13)17-12)10-3-1-2-9(6-10)7-15/h1-6,8H. The molecule has 4 nitrogen and oxygen atoms in total. The lowest BCUT2D eigenvalue weighted by Gasteiger charge is -2.01. The van der Waals surface area contributed by atoms with E-state index in [9.17, 15) is 0 Å². The van der Waals surface area contributed by atoms with Crippen LogP contribution in [0.15, 0.2) is 42.6 Å². The first-order valence-electron chi connectivity index (χ1n) is 5.29. The molecule has 0 atom stereocenters. The van der Waals surface area contributed by atoms with Crippen molar-refractivity contribution in [2.75, 3.05) is 0 Å². The summed E-state index contributed by atoms with van der Waals surface area (Å²) in [5, 5.41) is 13.5. The first-order chi connectivity index (χ1) is 8.78. The molecule has 0 amide bonds. The second kappa shape index (κ2) is 4.13. The van der Waals surface area contributed by atoms with Crippen molar-refractivity contribution in [2.45, 2.75) is 0 Å². The largest absolute Gasteiger partial charge is 0.235 e. The molecule has 0 aliphatic heterocycles. The fourth-order valence-corrected chi connectivity index (χ4v) is 1.93. The summed E-state index contributed by atoms with van der Waals surface area (Å²) >= 11 is 5.88. The summed E-state index contributed by atoms with van der Waals surface area (Å²) in [4.78, 5) is 4.25. The SMILES string of the molecule is N#Cc1cccc(-c2cnc3ccc(Cl)nn23)c1. The summed E-state index contributed by atoms with van der Waals surface area (Å²) in [6, 6.07) is 12.9. The van der Waals surface area contributed by atoms with E-state index >= 15 is 0 Å². The van der Waals surface area contributed by atoms with Crippen molar-refractivity contribution in [1.82, 2.24) is 14.6 Å². The molecular weight excluding hydrogens is 248 g/mol. The van der Waals surface area contributed by atoms with Gasteiger partial charge in [-0.3, -0.25) is 0 Å². The van der Waals surface area contributed by atoms with Crippen LogP contribution < -0.4 is 0 Å². The van der Waals surface area contributed by atoms with Gasteiger partial charge < -0.3 is 0 Å². The van der Waals surface area contributed by atoms with Crippen molar-refractivity contribution in [3.05, 3.63) is 53.3 Å². The molecule has 18 heavy (non-hydrogen) atoms. The molecule has 0 fully saturated rings. The number of hydrogen-bond donors (Lipinski definition) is 0. The molecule has 0 aliphatic rings. The number of benzene rings is 1. The molecule has 3 aromatic rings. The number of halogens is 1. The molecular formula is C13H7ClN4. The van der Waals surface area contributed by atoms with E-state index in [0.29, 0.717) is 10.7 Å². The van der Waals surface area contributed by atoms with Crippen LogP contribution in [0.25, 0.3) is 16.9 Å². The molecule has 0 saturated heterocycles. The Balaban J connectivity index is 2.25. The predicted molar refractivity (Wildman–Crippen MR) is 68.1 cm³/mol. The van der Waals surface area contributed by atoms with Gasteiger partial charge in [0.25, 0.3) is 0 Å². The zero-order valence-electron chi connectivity index (χ0n) is 9.21. The van der Waals surface area contributed by atoms with Crippen molar-refractivity contribution in [1.29, 1.82) is 5.26 Å². The van der Waals surface area contributed by atoms with Crippen LogP contribution in [-0.4, -0.2) is 14.6 Å². The fourth-order valence-electron chi connectivity index (χ4n) is 1.80. The first-order valence-corrected chi connectivity index (χ1v) is 5.66. The van der Waals surface area contributed by atoms with E-state index < -0.39 is 0 Å². The van der Waals surface area contributed by atoms with Crippen LogP contribution >= 0.6 is 11.6 Å². The number of aromatic nitrogens is 3. The Morgan fingerprint density at radius 3 is 2.94 bits per heavy atom. The van der Waals surface area contributed by atoms with Crippen LogP contribution in [0.2, 0.25) is 5.15 Å². The summed E-state index contributed by atoms with van der Waals surface area (Å²) in [5.74, 6) is 0. The van der Waals surface area contributed by atoms with Gasteiger partial charge in [0.1, 0.15) is 5.15 Å². The summed E-state index contributed by atoms with van der Waals surface area (Å²) in [7, 11) is 0. The number of fused-ring (bicyclic) bond motifs is 1. The summed E-state index contributed by atoms with van der Waals surface area (Å²) < 4.78 is 1.67. The number of nitrogens with zero attached hydrogens (tertiary/aromatic N) is 4. The molecule has 0 radical (unpaired) electrons. The quantitative estimate of drug-likeness (QED) is 0.671. The molecule has 1 aromatic carbocycles. The molecule has 0 unspecified atom stereocenters. The maximum atomic E-state index is 8.91. The fraction of sp³-hybridized carbons (Fsp3) is 0. The van der Waals surface area contributed by atoms with Gasteiger partial charge in [-0.25, -0.2) is 9.50 Å². The van der Waals surface area contributed by atoms with E-state index in [0.717, 1.165) is 16.9 Å². The Labute approximate surface area is 108 Å². The summed E-state index contributed by atoms with van der Waals surface area (Å²) in [6.07, 6.45) is 1.72. The van der Waals surface area contributed by atoms with E-state index in [2.05, 4.69) is 16.2 Å². The van der Waals surface area contributed by atoms with Gasteiger partial charge in [0.05, 0.1) is 23.5 Å². The Hall–Kier alpha value is -2.38. The third-order valence-corrected chi connectivity index (χ3v) is 2.82. The molecule has 5 heteroatoms. The Morgan fingerprint density at radius 2 is 2.11 bits per heavy atom. The van der Waals surface area contributed by atoms with E-state index in [-0.39, 0.29) is 0 Å². The second-order valence-electron chi connectivity index (χ2n) is 3.76. The zero-order chi connectivity index (χ0) is 12.5. The van der Waals surface area contributed by atoms with Gasteiger partial charge in [-0.15, -0.1) is 0 Å². The molecule has 0 aliphatic carbocycles. The van der Waals surface area contributed by atoms with Crippen molar-refractivity contribution in [2.24, 2.45) is 0 Å².